The monoisotopic (exact) mass is 263 g/mol. The highest BCUT2D eigenvalue weighted by molar-refractivity contribution is 5.65. The Morgan fingerprint density at radius 3 is 2.32 bits per heavy atom. The molecule has 2 nitrogen and oxygen atoms in total. The molecule has 2 rings (SSSR count). The molecular weight excluding hydrogens is 248 g/mol. The quantitative estimate of drug-likeness (QED) is 0.913. The summed E-state index contributed by atoms with van der Waals surface area (Å²) in [6.45, 7) is 0.640. The van der Waals surface area contributed by atoms with Gasteiger partial charge < -0.3 is 10.1 Å². The molecule has 2 aromatic rings. The van der Waals surface area contributed by atoms with Crippen LogP contribution >= 0.6 is 0 Å². The fourth-order valence-electron chi connectivity index (χ4n) is 1.96. The second kappa shape index (κ2) is 5.80. The van der Waals surface area contributed by atoms with E-state index in [9.17, 15) is 8.78 Å². The number of methoxy groups -OCH3 is 1. The molecule has 0 unspecified atom stereocenters. The predicted molar refractivity (Wildman–Crippen MR) is 71.1 cm³/mol. The molecule has 0 saturated heterocycles. The lowest BCUT2D eigenvalue weighted by Gasteiger charge is -2.11. The van der Waals surface area contributed by atoms with Crippen molar-refractivity contribution in [2.45, 2.75) is 6.54 Å². The summed E-state index contributed by atoms with van der Waals surface area (Å²) in [5, 5.41) is 3.04. The average molecular weight is 263 g/mol. The standard InChI is InChI=1S/C15H15F2NO/c1-18-9-12-7-10(4-6-15(12)19-2)11-3-5-13(16)14(17)8-11/h3-8,18H,9H2,1-2H3. The maximum atomic E-state index is 13.2. The molecule has 0 bridgehead atoms. The van der Waals surface area contributed by atoms with Crippen LogP contribution in [0.4, 0.5) is 8.78 Å². The van der Waals surface area contributed by atoms with E-state index in [0.29, 0.717) is 12.1 Å². The molecular formula is C15H15F2NO. The van der Waals surface area contributed by atoms with Crippen LogP contribution in [0.3, 0.4) is 0 Å². The van der Waals surface area contributed by atoms with Crippen molar-refractivity contribution >= 4 is 0 Å². The first-order valence-corrected chi connectivity index (χ1v) is 5.92. The molecule has 0 aliphatic rings. The van der Waals surface area contributed by atoms with Gasteiger partial charge in [-0.15, -0.1) is 0 Å². The van der Waals surface area contributed by atoms with Gasteiger partial charge in [0.1, 0.15) is 5.75 Å². The largest absolute Gasteiger partial charge is 0.496 e. The van der Waals surface area contributed by atoms with E-state index in [1.54, 1.807) is 13.2 Å². The molecule has 0 aliphatic heterocycles. The highest BCUT2D eigenvalue weighted by atomic mass is 19.2. The SMILES string of the molecule is CNCc1cc(-c2ccc(F)c(F)c2)ccc1OC. The summed E-state index contributed by atoms with van der Waals surface area (Å²) in [5.74, 6) is -0.920. The van der Waals surface area contributed by atoms with Gasteiger partial charge in [0.2, 0.25) is 0 Å². The van der Waals surface area contributed by atoms with E-state index in [1.807, 2.05) is 25.2 Å². The Balaban J connectivity index is 2.44. The van der Waals surface area contributed by atoms with Crippen LogP contribution in [0, 0.1) is 11.6 Å². The first-order chi connectivity index (χ1) is 9.15. The van der Waals surface area contributed by atoms with Crippen molar-refractivity contribution in [2.75, 3.05) is 14.2 Å². The van der Waals surface area contributed by atoms with Gasteiger partial charge in [-0.25, -0.2) is 8.78 Å². The van der Waals surface area contributed by atoms with Gasteiger partial charge in [-0.1, -0.05) is 12.1 Å². The fraction of sp³-hybridized carbons (Fsp3) is 0.200. The Labute approximate surface area is 111 Å². The molecule has 0 atom stereocenters. The van der Waals surface area contributed by atoms with Crippen LogP contribution in [0.1, 0.15) is 5.56 Å². The smallest absolute Gasteiger partial charge is 0.159 e. The molecule has 100 valence electrons. The number of rotatable bonds is 4. The van der Waals surface area contributed by atoms with E-state index in [0.717, 1.165) is 22.9 Å². The Morgan fingerprint density at radius 1 is 1.00 bits per heavy atom. The van der Waals surface area contributed by atoms with Gasteiger partial charge in [-0.3, -0.25) is 0 Å². The Hall–Kier alpha value is -1.94. The van der Waals surface area contributed by atoms with Crippen molar-refractivity contribution in [3.63, 3.8) is 0 Å². The summed E-state index contributed by atoms with van der Waals surface area (Å²) in [7, 11) is 3.44. The number of nitrogens with one attached hydrogen (secondary N) is 1. The molecule has 1 N–H and O–H groups in total. The second-order valence-electron chi connectivity index (χ2n) is 4.19. The molecule has 0 heterocycles. The zero-order valence-corrected chi connectivity index (χ0v) is 10.8. The predicted octanol–water partition coefficient (Wildman–Crippen LogP) is 3.36. The van der Waals surface area contributed by atoms with E-state index in [-0.39, 0.29) is 0 Å². The van der Waals surface area contributed by atoms with E-state index in [4.69, 9.17) is 4.74 Å². The summed E-state index contributed by atoms with van der Waals surface area (Å²) >= 11 is 0. The molecule has 0 amide bonds. The summed E-state index contributed by atoms with van der Waals surface area (Å²) in [5.41, 5.74) is 2.43. The van der Waals surface area contributed by atoms with Gasteiger partial charge in [0.05, 0.1) is 7.11 Å². The molecule has 19 heavy (non-hydrogen) atoms. The van der Waals surface area contributed by atoms with Crippen molar-refractivity contribution in [3.05, 3.63) is 53.6 Å². The first-order valence-electron chi connectivity index (χ1n) is 5.92. The lowest BCUT2D eigenvalue weighted by molar-refractivity contribution is 0.408. The highest BCUT2D eigenvalue weighted by Gasteiger charge is 2.08. The van der Waals surface area contributed by atoms with Crippen molar-refractivity contribution < 1.29 is 13.5 Å². The van der Waals surface area contributed by atoms with E-state index < -0.39 is 11.6 Å². The lowest BCUT2D eigenvalue weighted by Crippen LogP contribution is -2.06. The molecule has 0 fully saturated rings. The zero-order chi connectivity index (χ0) is 13.8. The van der Waals surface area contributed by atoms with Crippen LogP contribution in [-0.2, 0) is 6.54 Å². The van der Waals surface area contributed by atoms with E-state index >= 15 is 0 Å². The average Bonchev–Trinajstić information content (AvgIpc) is 2.42. The van der Waals surface area contributed by atoms with Gasteiger partial charge in [0.15, 0.2) is 11.6 Å². The summed E-state index contributed by atoms with van der Waals surface area (Å²) in [6.07, 6.45) is 0. The zero-order valence-electron chi connectivity index (χ0n) is 10.8. The third kappa shape index (κ3) is 2.90. The van der Waals surface area contributed by atoms with Crippen LogP contribution in [0.2, 0.25) is 0 Å². The third-order valence-corrected chi connectivity index (χ3v) is 2.90. The van der Waals surface area contributed by atoms with Crippen LogP contribution < -0.4 is 10.1 Å². The Morgan fingerprint density at radius 2 is 1.68 bits per heavy atom. The second-order valence-corrected chi connectivity index (χ2v) is 4.19. The van der Waals surface area contributed by atoms with Crippen LogP contribution in [0.25, 0.3) is 11.1 Å². The number of halogens is 2. The van der Waals surface area contributed by atoms with Gasteiger partial charge in [0.25, 0.3) is 0 Å². The van der Waals surface area contributed by atoms with Crippen molar-refractivity contribution in [3.8, 4) is 16.9 Å². The molecule has 0 spiro atoms. The molecule has 0 aliphatic carbocycles. The summed E-state index contributed by atoms with van der Waals surface area (Å²) in [4.78, 5) is 0. The molecule has 0 aromatic heterocycles. The first kappa shape index (κ1) is 13.5. The fourth-order valence-corrected chi connectivity index (χ4v) is 1.96. The molecule has 0 radical (unpaired) electrons. The molecule has 2 aromatic carbocycles. The highest BCUT2D eigenvalue weighted by Crippen LogP contribution is 2.27. The Bertz CT molecular complexity index is 584. The number of ether oxygens (including phenoxy) is 1. The van der Waals surface area contributed by atoms with E-state index in [1.165, 1.54) is 6.07 Å². The molecule has 0 saturated carbocycles. The van der Waals surface area contributed by atoms with E-state index in [2.05, 4.69) is 5.32 Å². The van der Waals surface area contributed by atoms with Gasteiger partial charge in [-0.05, 0) is 42.4 Å². The van der Waals surface area contributed by atoms with Crippen LogP contribution in [-0.4, -0.2) is 14.2 Å². The minimum absolute atomic E-state index is 0.638. The minimum atomic E-state index is -0.844. The normalized spacial score (nSPS) is 10.5. The van der Waals surface area contributed by atoms with Gasteiger partial charge >= 0.3 is 0 Å². The Kier molecular flexibility index (Phi) is 4.12. The maximum absolute atomic E-state index is 13.2. The number of hydrogen-bond acceptors (Lipinski definition) is 2. The lowest BCUT2D eigenvalue weighted by atomic mass is 10.0. The number of benzene rings is 2. The third-order valence-electron chi connectivity index (χ3n) is 2.90. The summed E-state index contributed by atoms with van der Waals surface area (Å²) < 4.78 is 31.4. The van der Waals surface area contributed by atoms with Crippen molar-refractivity contribution in [2.24, 2.45) is 0 Å². The number of hydrogen-bond donors (Lipinski definition) is 1. The minimum Gasteiger partial charge on any atom is -0.496 e. The maximum Gasteiger partial charge on any atom is 0.159 e. The molecule has 4 heteroatoms. The van der Waals surface area contributed by atoms with Crippen molar-refractivity contribution in [1.82, 2.24) is 5.32 Å². The van der Waals surface area contributed by atoms with Gasteiger partial charge in [0, 0.05) is 12.1 Å². The van der Waals surface area contributed by atoms with Crippen LogP contribution in [0.5, 0.6) is 5.75 Å². The van der Waals surface area contributed by atoms with Crippen LogP contribution in [0.15, 0.2) is 36.4 Å². The topological polar surface area (TPSA) is 21.3 Å². The van der Waals surface area contributed by atoms with Crippen molar-refractivity contribution in [1.29, 1.82) is 0 Å². The van der Waals surface area contributed by atoms with Gasteiger partial charge in [-0.2, -0.15) is 0 Å². The summed E-state index contributed by atoms with van der Waals surface area (Å²) in [6, 6.07) is 9.44.